The van der Waals surface area contributed by atoms with Gasteiger partial charge in [-0.05, 0) is 35.4 Å². The summed E-state index contributed by atoms with van der Waals surface area (Å²) in [6.07, 6.45) is 3.98. The lowest BCUT2D eigenvalue weighted by atomic mass is 10.2. The van der Waals surface area contributed by atoms with Gasteiger partial charge in [-0.3, -0.25) is 14.8 Å². The summed E-state index contributed by atoms with van der Waals surface area (Å²) in [5.41, 5.74) is 2.79. The number of anilines is 1. The lowest BCUT2D eigenvalue weighted by molar-refractivity contribution is -0.124. The molecule has 2 amide bonds. The van der Waals surface area contributed by atoms with Gasteiger partial charge in [0.2, 0.25) is 5.91 Å². The molecule has 1 heterocycles. The van der Waals surface area contributed by atoms with E-state index in [1.165, 1.54) is 29.9 Å². The predicted molar refractivity (Wildman–Crippen MR) is 94.9 cm³/mol. The van der Waals surface area contributed by atoms with Crippen LogP contribution in [-0.2, 0) is 16.1 Å². The number of carbonyl (C=O) groups excluding carboxylic acids is 2. The van der Waals surface area contributed by atoms with E-state index in [1.807, 2.05) is 0 Å². The summed E-state index contributed by atoms with van der Waals surface area (Å²) in [5, 5.41) is 14.2. The molecule has 0 fully saturated rings. The smallest absolute Gasteiger partial charge is 0.267 e. The Kier molecular flexibility index (Phi) is 7.07. The van der Waals surface area contributed by atoms with Gasteiger partial charge in [0.25, 0.3) is 5.91 Å². The van der Waals surface area contributed by atoms with Crippen molar-refractivity contribution in [3.63, 3.8) is 0 Å². The second-order valence-electron chi connectivity index (χ2n) is 5.17. The van der Waals surface area contributed by atoms with Crippen molar-refractivity contribution in [2.45, 2.75) is 6.54 Å². The van der Waals surface area contributed by atoms with Crippen LogP contribution in [-0.4, -0.2) is 28.6 Å². The minimum absolute atomic E-state index is 0.0456. The fraction of sp³-hybridized carbons (Fsp3) is 0.118. The molecule has 2 aromatic rings. The number of hydrogen-bond acceptors (Lipinski definition) is 5. The van der Waals surface area contributed by atoms with Crippen molar-refractivity contribution in [1.82, 2.24) is 15.8 Å². The van der Waals surface area contributed by atoms with Crippen molar-refractivity contribution >= 4 is 35.3 Å². The summed E-state index contributed by atoms with van der Waals surface area (Å²) in [5.74, 6) is -0.984. The topological polar surface area (TPSA) is 103 Å². The number of nitrogens with zero attached hydrogens (tertiary/aromatic N) is 1. The number of carbonyl (C=O) groups is 2. The Labute approximate surface area is 153 Å². The van der Waals surface area contributed by atoms with Gasteiger partial charge in [-0.1, -0.05) is 23.7 Å². The van der Waals surface area contributed by atoms with E-state index >= 15 is 0 Å². The van der Waals surface area contributed by atoms with Gasteiger partial charge in [-0.15, -0.1) is 0 Å². The fourth-order valence-corrected chi connectivity index (χ4v) is 2.15. The van der Waals surface area contributed by atoms with E-state index in [0.717, 1.165) is 11.6 Å². The average molecular weight is 379 g/mol. The highest BCUT2D eigenvalue weighted by Gasteiger charge is 2.06. The van der Waals surface area contributed by atoms with E-state index in [1.54, 1.807) is 18.2 Å². The van der Waals surface area contributed by atoms with Gasteiger partial charge < -0.3 is 10.6 Å². The Bertz CT molecular complexity index is 812. The molecule has 0 spiro atoms. The van der Waals surface area contributed by atoms with E-state index in [-0.39, 0.29) is 29.8 Å². The largest absolute Gasteiger partial charge is 0.360 e. The molecule has 26 heavy (non-hydrogen) atoms. The van der Waals surface area contributed by atoms with Crippen LogP contribution in [0.15, 0.2) is 42.6 Å². The maximum absolute atomic E-state index is 12.8. The van der Waals surface area contributed by atoms with Gasteiger partial charge in [0.15, 0.2) is 0 Å². The third-order valence-corrected chi connectivity index (χ3v) is 3.51. The molecule has 0 saturated heterocycles. The van der Waals surface area contributed by atoms with E-state index in [2.05, 4.69) is 15.6 Å². The zero-order chi connectivity index (χ0) is 18.9. The second kappa shape index (κ2) is 9.50. The number of amides is 2. The monoisotopic (exact) mass is 378 g/mol. The Morgan fingerprint density at radius 1 is 1.27 bits per heavy atom. The fourth-order valence-electron chi connectivity index (χ4n) is 1.91. The van der Waals surface area contributed by atoms with Crippen LogP contribution in [0, 0.1) is 5.82 Å². The van der Waals surface area contributed by atoms with Crippen LogP contribution in [0.2, 0.25) is 5.02 Å². The second-order valence-corrected chi connectivity index (χ2v) is 5.57. The normalized spacial score (nSPS) is 10.6. The molecular weight excluding hydrogens is 363 g/mol. The zero-order valence-electron chi connectivity index (χ0n) is 13.5. The molecule has 136 valence electrons. The number of aromatic nitrogens is 1. The van der Waals surface area contributed by atoms with Crippen LogP contribution in [0.3, 0.4) is 0 Å². The van der Waals surface area contributed by atoms with E-state index < -0.39 is 5.91 Å². The summed E-state index contributed by atoms with van der Waals surface area (Å²) in [6, 6.07) is 7.37. The molecule has 4 N–H and O–H groups in total. The summed E-state index contributed by atoms with van der Waals surface area (Å²) in [6.45, 7) is 0.231. The summed E-state index contributed by atoms with van der Waals surface area (Å²) in [4.78, 5) is 26.8. The lowest BCUT2D eigenvalue weighted by Crippen LogP contribution is -2.29. The molecule has 0 aliphatic carbocycles. The number of hydroxylamine groups is 1. The first-order chi connectivity index (χ1) is 12.5. The van der Waals surface area contributed by atoms with Crippen LogP contribution in [0.25, 0.3) is 6.08 Å². The number of nitrogens with one attached hydrogen (secondary N) is 3. The predicted octanol–water partition coefficient (Wildman–Crippen LogP) is 2.12. The van der Waals surface area contributed by atoms with E-state index in [0.29, 0.717) is 11.4 Å². The molecule has 1 aromatic heterocycles. The van der Waals surface area contributed by atoms with Gasteiger partial charge >= 0.3 is 0 Å². The van der Waals surface area contributed by atoms with Gasteiger partial charge in [-0.2, -0.15) is 0 Å². The average Bonchev–Trinajstić information content (AvgIpc) is 2.64. The first-order valence-electron chi connectivity index (χ1n) is 7.50. The number of hydrogen-bond donors (Lipinski definition) is 4. The van der Waals surface area contributed by atoms with Crippen LogP contribution in [0.4, 0.5) is 10.2 Å². The molecule has 9 heteroatoms. The van der Waals surface area contributed by atoms with Gasteiger partial charge in [0.1, 0.15) is 11.6 Å². The first kappa shape index (κ1) is 19.4. The Morgan fingerprint density at radius 3 is 2.65 bits per heavy atom. The third-order valence-electron chi connectivity index (χ3n) is 3.22. The highest BCUT2D eigenvalue weighted by Crippen LogP contribution is 2.20. The number of pyridine rings is 1. The number of benzene rings is 1. The van der Waals surface area contributed by atoms with Crippen LogP contribution >= 0.6 is 11.6 Å². The molecule has 0 aliphatic rings. The summed E-state index contributed by atoms with van der Waals surface area (Å²) in [7, 11) is 0. The zero-order valence-corrected chi connectivity index (χ0v) is 14.3. The molecule has 7 nitrogen and oxygen atoms in total. The summed E-state index contributed by atoms with van der Waals surface area (Å²) < 4.78 is 12.8. The first-order valence-corrected chi connectivity index (χ1v) is 7.88. The third kappa shape index (κ3) is 6.15. The highest BCUT2D eigenvalue weighted by atomic mass is 35.5. The molecule has 2 rings (SSSR count). The molecule has 0 atom stereocenters. The SMILES string of the molecule is O=C(C=Cc1cnc(NCC(=O)NCc2ccc(F)cc2)c(Cl)c1)NO. The number of halogens is 2. The van der Waals surface area contributed by atoms with E-state index in [9.17, 15) is 14.0 Å². The Morgan fingerprint density at radius 2 is 2.00 bits per heavy atom. The molecule has 1 aromatic carbocycles. The van der Waals surface area contributed by atoms with Crippen molar-refractivity contribution in [2.24, 2.45) is 0 Å². The van der Waals surface area contributed by atoms with Gasteiger partial charge in [0.05, 0.1) is 11.6 Å². The van der Waals surface area contributed by atoms with Crippen LogP contribution in [0.5, 0.6) is 0 Å². The van der Waals surface area contributed by atoms with Crippen LogP contribution in [0.1, 0.15) is 11.1 Å². The van der Waals surface area contributed by atoms with Crippen LogP contribution < -0.4 is 16.1 Å². The molecule has 0 unspecified atom stereocenters. The summed E-state index contributed by atoms with van der Waals surface area (Å²) >= 11 is 6.07. The van der Waals surface area contributed by atoms with Crippen molar-refractivity contribution in [3.05, 3.63) is 64.6 Å². The van der Waals surface area contributed by atoms with E-state index in [4.69, 9.17) is 16.8 Å². The minimum atomic E-state index is -0.679. The molecular formula is C17H16ClFN4O3. The maximum atomic E-state index is 12.8. The van der Waals surface area contributed by atoms with Crippen molar-refractivity contribution < 1.29 is 19.2 Å². The Balaban J connectivity index is 1.84. The van der Waals surface area contributed by atoms with Gasteiger partial charge in [-0.25, -0.2) is 14.9 Å². The number of rotatable bonds is 7. The maximum Gasteiger partial charge on any atom is 0.267 e. The van der Waals surface area contributed by atoms with Crippen molar-refractivity contribution in [2.75, 3.05) is 11.9 Å². The lowest BCUT2D eigenvalue weighted by Gasteiger charge is -2.09. The molecule has 0 bridgehead atoms. The quantitative estimate of drug-likeness (QED) is 0.336. The van der Waals surface area contributed by atoms with Crippen molar-refractivity contribution in [3.8, 4) is 0 Å². The molecule has 0 aliphatic heterocycles. The van der Waals surface area contributed by atoms with Crippen molar-refractivity contribution in [1.29, 1.82) is 0 Å². The molecule has 0 radical (unpaired) electrons. The standard InChI is InChI=1S/C17H16ClFN4O3/c18-14-7-12(3-6-15(24)23-26)9-21-17(14)22-10-16(25)20-8-11-1-4-13(19)5-2-11/h1-7,9,26H,8,10H2,(H,20,25)(H,21,22)(H,23,24). The Hall–Kier alpha value is -2.97. The highest BCUT2D eigenvalue weighted by molar-refractivity contribution is 6.33. The molecule has 0 saturated carbocycles. The van der Waals surface area contributed by atoms with Gasteiger partial charge in [0, 0.05) is 18.8 Å². The minimum Gasteiger partial charge on any atom is -0.360 e.